The van der Waals surface area contributed by atoms with Gasteiger partial charge in [-0.1, -0.05) is 72.8 Å². The summed E-state index contributed by atoms with van der Waals surface area (Å²) in [5.74, 6) is 1.88. The van der Waals surface area contributed by atoms with E-state index in [-0.39, 0.29) is 0 Å². The van der Waals surface area contributed by atoms with Crippen LogP contribution in [-0.4, -0.2) is 11.7 Å². The Morgan fingerprint density at radius 2 is 0.737 bits per heavy atom. The molecule has 4 aromatic carbocycles. The molecule has 4 aromatic rings. The van der Waals surface area contributed by atoms with Crippen LogP contribution in [0.3, 0.4) is 0 Å². The van der Waals surface area contributed by atoms with E-state index in [1.54, 1.807) is 0 Å². The van der Waals surface area contributed by atoms with Crippen molar-refractivity contribution in [3.8, 4) is 0 Å². The molecule has 8 nitrogen and oxygen atoms in total. The highest BCUT2D eigenvalue weighted by atomic mass is 16.0. The minimum absolute atomic E-state index is 0.838. The number of rotatable bonds is 9. The van der Waals surface area contributed by atoms with Crippen molar-refractivity contribution in [2.24, 2.45) is 10.2 Å². The minimum atomic E-state index is 0.838. The van der Waals surface area contributed by atoms with Crippen molar-refractivity contribution in [3.63, 3.8) is 0 Å². The summed E-state index contributed by atoms with van der Waals surface area (Å²) in [6.07, 6.45) is 3.64. The fourth-order valence-electron chi connectivity index (χ4n) is 4.45. The summed E-state index contributed by atoms with van der Waals surface area (Å²) >= 11 is 0. The highest BCUT2D eigenvalue weighted by Gasteiger charge is 2.26. The second-order valence-corrected chi connectivity index (χ2v) is 9.07. The number of hydrazone groups is 2. The first kappa shape index (κ1) is 23.4. The zero-order valence-corrected chi connectivity index (χ0v) is 21.1. The van der Waals surface area contributed by atoms with E-state index in [1.165, 1.54) is 0 Å². The van der Waals surface area contributed by atoms with Crippen LogP contribution >= 0.6 is 0 Å². The molecule has 0 atom stereocenters. The van der Waals surface area contributed by atoms with E-state index in [2.05, 4.69) is 59.4 Å². The Labute approximate surface area is 223 Å². The van der Waals surface area contributed by atoms with Crippen LogP contribution in [0.5, 0.6) is 0 Å². The molecule has 190 valence electrons. The SMILES string of the molecule is c1ccc(N2N=C(CCCCC3=NN(c4ccccc4)N(c4ccccc4)N3)NN2c2ccccc2)cc1. The molecular formula is C30H30N8. The number of nitrogens with one attached hydrogen (secondary N) is 2. The Balaban J connectivity index is 1.10. The first-order valence-electron chi connectivity index (χ1n) is 12.9. The van der Waals surface area contributed by atoms with E-state index in [0.717, 1.165) is 60.1 Å². The molecule has 38 heavy (non-hydrogen) atoms. The smallest absolute Gasteiger partial charge is 0.145 e. The molecule has 6 rings (SSSR count). The average Bonchev–Trinajstić information content (AvgIpc) is 3.62. The van der Waals surface area contributed by atoms with Crippen LogP contribution in [0.1, 0.15) is 25.7 Å². The Morgan fingerprint density at radius 1 is 0.421 bits per heavy atom. The van der Waals surface area contributed by atoms with Gasteiger partial charge in [-0.3, -0.25) is 10.9 Å². The normalized spacial score (nSPS) is 14.7. The minimum Gasteiger partial charge on any atom is -0.263 e. The number of nitrogens with zero attached hydrogens (tertiary/aromatic N) is 6. The van der Waals surface area contributed by atoms with E-state index in [0.29, 0.717) is 0 Å². The molecule has 0 aliphatic carbocycles. The molecule has 0 amide bonds. The second kappa shape index (κ2) is 11.0. The summed E-state index contributed by atoms with van der Waals surface area (Å²) in [5.41, 5.74) is 11.0. The van der Waals surface area contributed by atoms with E-state index in [9.17, 15) is 0 Å². The van der Waals surface area contributed by atoms with E-state index in [4.69, 9.17) is 10.2 Å². The van der Waals surface area contributed by atoms with Crippen LogP contribution in [0.2, 0.25) is 0 Å². The number of benzene rings is 4. The summed E-state index contributed by atoms with van der Waals surface area (Å²) in [7, 11) is 0. The van der Waals surface area contributed by atoms with Crippen molar-refractivity contribution < 1.29 is 0 Å². The van der Waals surface area contributed by atoms with Gasteiger partial charge in [0.05, 0.1) is 22.7 Å². The molecule has 8 heteroatoms. The predicted molar refractivity (Wildman–Crippen MR) is 155 cm³/mol. The van der Waals surface area contributed by atoms with Crippen LogP contribution < -0.4 is 31.3 Å². The van der Waals surface area contributed by atoms with E-state index < -0.39 is 0 Å². The molecule has 0 unspecified atom stereocenters. The van der Waals surface area contributed by atoms with Gasteiger partial charge in [0.15, 0.2) is 0 Å². The van der Waals surface area contributed by atoms with Gasteiger partial charge in [-0.2, -0.15) is 20.5 Å². The average molecular weight is 503 g/mol. The molecule has 0 saturated heterocycles. The topological polar surface area (TPSA) is 61.7 Å². The fourth-order valence-corrected chi connectivity index (χ4v) is 4.45. The molecule has 2 aliphatic heterocycles. The Hall–Kier alpha value is -4.98. The molecule has 0 radical (unpaired) electrons. The third kappa shape index (κ3) is 5.10. The third-order valence-corrected chi connectivity index (χ3v) is 6.33. The Kier molecular flexibility index (Phi) is 6.76. The summed E-state index contributed by atoms with van der Waals surface area (Å²) in [6, 6.07) is 40.8. The van der Waals surface area contributed by atoms with Gasteiger partial charge in [0, 0.05) is 12.8 Å². The lowest BCUT2D eigenvalue weighted by Gasteiger charge is -2.27. The van der Waals surface area contributed by atoms with Gasteiger partial charge in [-0.05, 0) is 61.4 Å². The van der Waals surface area contributed by atoms with Crippen molar-refractivity contribution in [2.45, 2.75) is 25.7 Å². The van der Waals surface area contributed by atoms with Crippen molar-refractivity contribution in [3.05, 3.63) is 121 Å². The maximum absolute atomic E-state index is 4.89. The number of anilines is 4. The van der Waals surface area contributed by atoms with Gasteiger partial charge < -0.3 is 0 Å². The molecule has 2 heterocycles. The van der Waals surface area contributed by atoms with Crippen molar-refractivity contribution in [2.75, 3.05) is 20.5 Å². The maximum Gasteiger partial charge on any atom is 0.145 e. The predicted octanol–water partition coefficient (Wildman–Crippen LogP) is 6.07. The monoisotopic (exact) mass is 502 g/mol. The molecule has 0 fully saturated rings. The zero-order valence-electron chi connectivity index (χ0n) is 21.1. The van der Waals surface area contributed by atoms with E-state index >= 15 is 0 Å². The second-order valence-electron chi connectivity index (χ2n) is 9.07. The standard InChI is InChI=1S/C30H30N8/c1-5-15-25(16-6-1)35-31-29(32-36(35)26-17-7-2-8-18-26)23-13-14-24-30-33-37(27-19-9-3-10-20-27)38(34-30)28-21-11-4-12-22-28/h1-12,15-22H,13-14,23-24H2,(H,31,32)(H,33,34). The molecule has 0 bridgehead atoms. The van der Waals surface area contributed by atoms with Gasteiger partial charge in [0.1, 0.15) is 11.7 Å². The van der Waals surface area contributed by atoms with Crippen molar-refractivity contribution in [1.29, 1.82) is 0 Å². The van der Waals surface area contributed by atoms with Crippen molar-refractivity contribution >= 4 is 34.4 Å². The highest BCUT2D eigenvalue weighted by molar-refractivity contribution is 5.89. The summed E-state index contributed by atoms with van der Waals surface area (Å²) in [5, 5.41) is 17.6. The Bertz CT molecular complexity index is 1270. The highest BCUT2D eigenvalue weighted by Crippen LogP contribution is 2.27. The summed E-state index contributed by atoms with van der Waals surface area (Å²) in [6.45, 7) is 0. The van der Waals surface area contributed by atoms with Crippen LogP contribution in [0, 0.1) is 0 Å². The van der Waals surface area contributed by atoms with Gasteiger partial charge in [-0.15, -0.1) is 10.2 Å². The number of unbranched alkanes of at least 4 members (excludes halogenated alkanes) is 1. The number of hydrogen-bond acceptors (Lipinski definition) is 8. The molecule has 0 spiro atoms. The summed E-state index contributed by atoms with van der Waals surface area (Å²) < 4.78 is 0. The number of amidine groups is 2. The molecule has 2 N–H and O–H groups in total. The van der Waals surface area contributed by atoms with Crippen LogP contribution in [0.15, 0.2) is 132 Å². The molecule has 2 aliphatic rings. The van der Waals surface area contributed by atoms with E-state index in [1.807, 2.05) is 93.3 Å². The van der Waals surface area contributed by atoms with Crippen LogP contribution in [-0.2, 0) is 0 Å². The first-order valence-corrected chi connectivity index (χ1v) is 12.9. The fraction of sp³-hybridized carbons (Fsp3) is 0.133. The quantitative estimate of drug-likeness (QED) is 0.271. The number of hydrazine groups is 4. The molecular weight excluding hydrogens is 472 g/mol. The largest absolute Gasteiger partial charge is 0.263 e. The van der Waals surface area contributed by atoms with Crippen LogP contribution in [0.25, 0.3) is 0 Å². The van der Waals surface area contributed by atoms with Crippen molar-refractivity contribution in [1.82, 2.24) is 10.9 Å². The van der Waals surface area contributed by atoms with Gasteiger partial charge >= 0.3 is 0 Å². The number of hydrogen-bond donors (Lipinski definition) is 2. The Morgan fingerprint density at radius 3 is 1.08 bits per heavy atom. The number of para-hydroxylation sites is 4. The maximum atomic E-state index is 4.89. The summed E-state index contributed by atoms with van der Waals surface area (Å²) in [4.78, 5) is 0. The lowest BCUT2D eigenvalue weighted by Crippen LogP contribution is -2.44. The molecule has 0 saturated carbocycles. The zero-order chi connectivity index (χ0) is 25.6. The van der Waals surface area contributed by atoms with Gasteiger partial charge in [0.25, 0.3) is 0 Å². The lowest BCUT2D eigenvalue weighted by atomic mass is 10.2. The third-order valence-electron chi connectivity index (χ3n) is 6.33. The van der Waals surface area contributed by atoms with Gasteiger partial charge in [0.2, 0.25) is 0 Å². The first-order chi connectivity index (χ1) is 18.8. The van der Waals surface area contributed by atoms with Crippen LogP contribution in [0.4, 0.5) is 22.7 Å². The molecule has 0 aromatic heterocycles. The lowest BCUT2D eigenvalue weighted by molar-refractivity contribution is 0.743. The van der Waals surface area contributed by atoms with Gasteiger partial charge in [-0.25, -0.2) is 0 Å².